The fraction of sp³-hybridized carbons (Fsp3) is 0.273. The molecule has 3 aromatic rings. The lowest BCUT2D eigenvalue weighted by Gasteiger charge is -2.17. The summed E-state index contributed by atoms with van der Waals surface area (Å²) in [5.41, 5.74) is 9.96. The molecule has 0 fully saturated rings. The average Bonchev–Trinajstić information content (AvgIpc) is 3.07. The van der Waals surface area contributed by atoms with Gasteiger partial charge in [-0.15, -0.1) is 0 Å². The lowest BCUT2D eigenvalue weighted by Crippen LogP contribution is -2.29. The molecule has 1 heterocycles. The summed E-state index contributed by atoms with van der Waals surface area (Å²) in [6, 6.07) is 18.2. The molecule has 27 heavy (non-hydrogen) atoms. The van der Waals surface area contributed by atoms with Crippen molar-refractivity contribution < 1.29 is 4.79 Å². The van der Waals surface area contributed by atoms with Crippen LogP contribution in [-0.2, 0) is 6.42 Å². The highest BCUT2D eigenvalue weighted by molar-refractivity contribution is 5.98. The summed E-state index contributed by atoms with van der Waals surface area (Å²) in [6.45, 7) is 4.93. The van der Waals surface area contributed by atoms with Crippen LogP contribution in [-0.4, -0.2) is 34.2 Å². The molecule has 2 N–H and O–H groups in total. The van der Waals surface area contributed by atoms with Crippen molar-refractivity contribution in [3.8, 4) is 5.69 Å². The monoisotopic (exact) mass is 362 g/mol. The van der Waals surface area contributed by atoms with Gasteiger partial charge in [-0.2, -0.15) is 5.10 Å². The van der Waals surface area contributed by atoms with Crippen molar-refractivity contribution in [2.75, 3.05) is 19.3 Å². The maximum Gasteiger partial charge on any atom is 0.258 e. The Labute approximate surface area is 160 Å². The second-order valence-electron chi connectivity index (χ2n) is 7.06. The summed E-state index contributed by atoms with van der Waals surface area (Å²) in [5.74, 6) is 0.710. The molecule has 0 radical (unpaired) electrons. The Morgan fingerprint density at radius 3 is 2.41 bits per heavy atom. The summed E-state index contributed by atoms with van der Waals surface area (Å²) in [4.78, 5) is 14.5. The largest absolute Gasteiger partial charge is 0.383 e. The van der Waals surface area contributed by atoms with Gasteiger partial charge in [0.2, 0.25) is 0 Å². The van der Waals surface area contributed by atoms with Crippen molar-refractivity contribution in [3.05, 3.63) is 77.5 Å². The second kappa shape index (κ2) is 8.08. The van der Waals surface area contributed by atoms with Crippen molar-refractivity contribution in [1.82, 2.24) is 14.7 Å². The first-order valence-corrected chi connectivity index (χ1v) is 9.20. The number of rotatable bonds is 6. The van der Waals surface area contributed by atoms with Crippen LogP contribution in [0.15, 0.2) is 60.8 Å². The Hall–Kier alpha value is -3.08. The van der Waals surface area contributed by atoms with Crippen LogP contribution in [0.4, 0.5) is 5.82 Å². The molecule has 1 amide bonds. The zero-order valence-corrected chi connectivity index (χ0v) is 16.1. The maximum atomic E-state index is 12.8. The molecule has 5 heteroatoms. The molecule has 2 aromatic carbocycles. The minimum atomic E-state index is -0.117. The maximum absolute atomic E-state index is 12.8. The molecular weight excluding hydrogens is 336 g/mol. The normalized spacial score (nSPS) is 11.0. The zero-order valence-electron chi connectivity index (χ0n) is 16.1. The molecule has 0 unspecified atom stereocenters. The minimum absolute atomic E-state index is 0.117. The number of nitrogens with two attached hydrogens (primary N) is 1. The Bertz CT molecular complexity index is 898. The predicted octanol–water partition coefficient (Wildman–Crippen LogP) is 3.89. The van der Waals surface area contributed by atoms with Crippen molar-refractivity contribution in [2.45, 2.75) is 26.2 Å². The number of carbonyl (C=O) groups excluding carboxylic acids is 1. The number of anilines is 1. The molecule has 0 aliphatic heterocycles. The third-order valence-electron chi connectivity index (χ3n) is 4.77. The fourth-order valence-corrected chi connectivity index (χ4v) is 2.98. The number of carbonyl (C=O) groups is 1. The first kappa shape index (κ1) is 18.7. The molecule has 0 atom stereocenters. The highest BCUT2D eigenvalue weighted by atomic mass is 16.2. The van der Waals surface area contributed by atoms with Crippen LogP contribution in [0.2, 0.25) is 0 Å². The van der Waals surface area contributed by atoms with Gasteiger partial charge in [-0.3, -0.25) is 4.79 Å². The minimum Gasteiger partial charge on any atom is -0.383 e. The number of hydrogen-bond acceptors (Lipinski definition) is 3. The van der Waals surface area contributed by atoms with E-state index in [9.17, 15) is 4.79 Å². The number of likely N-dealkylation sites (N-methyl/N-ethyl adjacent to an activating group) is 1. The van der Waals surface area contributed by atoms with E-state index in [4.69, 9.17) is 5.73 Å². The van der Waals surface area contributed by atoms with Gasteiger partial charge in [0.25, 0.3) is 5.91 Å². The van der Waals surface area contributed by atoms with Crippen molar-refractivity contribution in [1.29, 1.82) is 0 Å². The Kier molecular flexibility index (Phi) is 5.60. The number of aromatic nitrogens is 2. The van der Waals surface area contributed by atoms with Gasteiger partial charge in [0.05, 0.1) is 11.9 Å². The molecule has 0 saturated carbocycles. The van der Waals surface area contributed by atoms with Gasteiger partial charge in [0, 0.05) is 13.6 Å². The van der Waals surface area contributed by atoms with Crippen LogP contribution in [0, 0.1) is 0 Å². The second-order valence-corrected chi connectivity index (χ2v) is 7.06. The fourth-order valence-electron chi connectivity index (χ4n) is 2.98. The van der Waals surface area contributed by atoms with Gasteiger partial charge in [-0.25, -0.2) is 4.68 Å². The SMILES string of the molecule is CC(C)c1ccc(-n2ncc(C(=O)N(C)CCc3ccccc3)c2N)cc1. The van der Waals surface area contributed by atoms with Gasteiger partial charge in [-0.1, -0.05) is 56.3 Å². The van der Waals surface area contributed by atoms with Gasteiger partial charge < -0.3 is 10.6 Å². The first-order valence-electron chi connectivity index (χ1n) is 9.20. The molecule has 0 aliphatic carbocycles. The van der Waals surface area contributed by atoms with Gasteiger partial charge in [0.1, 0.15) is 11.4 Å². The Balaban J connectivity index is 1.72. The van der Waals surface area contributed by atoms with Gasteiger partial charge >= 0.3 is 0 Å². The molecule has 0 saturated heterocycles. The van der Waals surface area contributed by atoms with E-state index in [1.165, 1.54) is 11.1 Å². The molecule has 0 bridgehead atoms. The van der Waals surface area contributed by atoms with E-state index in [0.717, 1.165) is 12.1 Å². The number of amides is 1. The lowest BCUT2D eigenvalue weighted by atomic mass is 10.0. The summed E-state index contributed by atoms with van der Waals surface area (Å²) in [7, 11) is 1.79. The van der Waals surface area contributed by atoms with E-state index in [1.807, 2.05) is 30.3 Å². The third-order valence-corrected chi connectivity index (χ3v) is 4.77. The van der Waals surface area contributed by atoms with E-state index in [0.29, 0.717) is 23.8 Å². The average molecular weight is 362 g/mol. The van der Waals surface area contributed by atoms with Crippen LogP contribution >= 0.6 is 0 Å². The lowest BCUT2D eigenvalue weighted by molar-refractivity contribution is 0.0797. The van der Waals surface area contributed by atoms with Gasteiger partial charge in [-0.05, 0) is 35.6 Å². The van der Waals surface area contributed by atoms with Crippen LogP contribution in [0.3, 0.4) is 0 Å². The zero-order chi connectivity index (χ0) is 19.4. The molecule has 3 rings (SSSR count). The van der Waals surface area contributed by atoms with E-state index < -0.39 is 0 Å². The van der Waals surface area contributed by atoms with Crippen LogP contribution in [0.25, 0.3) is 5.69 Å². The smallest absolute Gasteiger partial charge is 0.258 e. The van der Waals surface area contributed by atoms with E-state index in [-0.39, 0.29) is 5.91 Å². The predicted molar refractivity (Wildman–Crippen MR) is 109 cm³/mol. The van der Waals surface area contributed by atoms with Gasteiger partial charge in [0.15, 0.2) is 0 Å². The highest BCUT2D eigenvalue weighted by Gasteiger charge is 2.19. The van der Waals surface area contributed by atoms with Crippen molar-refractivity contribution in [3.63, 3.8) is 0 Å². The van der Waals surface area contributed by atoms with Crippen LogP contribution < -0.4 is 5.73 Å². The number of nitrogen functional groups attached to an aromatic ring is 1. The number of nitrogens with zero attached hydrogens (tertiary/aromatic N) is 3. The highest BCUT2D eigenvalue weighted by Crippen LogP contribution is 2.21. The molecule has 0 aliphatic rings. The Morgan fingerprint density at radius 2 is 1.78 bits per heavy atom. The summed E-state index contributed by atoms with van der Waals surface area (Å²) < 4.78 is 1.61. The van der Waals surface area contributed by atoms with Crippen molar-refractivity contribution >= 4 is 11.7 Å². The molecular formula is C22H26N4O. The topological polar surface area (TPSA) is 64.2 Å². The first-order chi connectivity index (χ1) is 13.0. The Morgan fingerprint density at radius 1 is 1.11 bits per heavy atom. The molecule has 5 nitrogen and oxygen atoms in total. The summed E-state index contributed by atoms with van der Waals surface area (Å²) in [5, 5.41) is 4.33. The standard InChI is InChI=1S/C22H26N4O/c1-16(2)18-9-11-19(12-10-18)26-21(23)20(15-24-26)22(27)25(3)14-13-17-7-5-4-6-8-17/h4-12,15-16H,13-14,23H2,1-3H3. The molecule has 0 spiro atoms. The summed E-state index contributed by atoms with van der Waals surface area (Å²) in [6.07, 6.45) is 2.35. The third kappa shape index (κ3) is 4.19. The molecule has 1 aromatic heterocycles. The number of benzene rings is 2. The van der Waals surface area contributed by atoms with E-state index in [2.05, 4.69) is 43.2 Å². The number of hydrogen-bond donors (Lipinski definition) is 1. The van der Waals surface area contributed by atoms with Crippen LogP contribution in [0.5, 0.6) is 0 Å². The molecule has 140 valence electrons. The van der Waals surface area contributed by atoms with Crippen LogP contribution in [0.1, 0.15) is 41.3 Å². The quantitative estimate of drug-likeness (QED) is 0.723. The van der Waals surface area contributed by atoms with E-state index >= 15 is 0 Å². The van der Waals surface area contributed by atoms with E-state index in [1.54, 1.807) is 22.8 Å². The van der Waals surface area contributed by atoms with Crippen molar-refractivity contribution in [2.24, 2.45) is 0 Å². The summed E-state index contributed by atoms with van der Waals surface area (Å²) >= 11 is 0.